The van der Waals surface area contributed by atoms with Crippen LogP contribution in [0, 0.1) is 5.92 Å². The minimum atomic E-state index is -0.906. The van der Waals surface area contributed by atoms with Crippen LogP contribution < -0.4 is 5.32 Å². The number of aliphatic carboxylic acids is 1. The van der Waals surface area contributed by atoms with E-state index in [9.17, 15) is 14.7 Å². The quantitative estimate of drug-likeness (QED) is 0.625. The molecule has 1 saturated carbocycles. The second kappa shape index (κ2) is 6.24. The van der Waals surface area contributed by atoms with Crippen molar-refractivity contribution in [2.24, 2.45) is 5.92 Å². The van der Waals surface area contributed by atoms with Crippen LogP contribution in [-0.4, -0.2) is 41.0 Å². The van der Waals surface area contributed by atoms with Crippen molar-refractivity contribution in [3.63, 3.8) is 0 Å². The summed E-state index contributed by atoms with van der Waals surface area (Å²) >= 11 is 0. The summed E-state index contributed by atoms with van der Waals surface area (Å²) in [6.07, 6.45) is 1.00. The molecule has 17 heavy (non-hydrogen) atoms. The Kier molecular flexibility index (Phi) is 4.96. The number of carboxylic acid groups (broad SMARTS) is 1. The number of aliphatic hydroxyl groups is 1. The van der Waals surface area contributed by atoms with Crippen molar-refractivity contribution < 1.29 is 24.5 Å². The van der Waals surface area contributed by atoms with Gasteiger partial charge in [-0.15, -0.1) is 0 Å². The van der Waals surface area contributed by atoms with E-state index < -0.39 is 30.1 Å². The second-order valence-corrected chi connectivity index (χ2v) is 4.05. The van der Waals surface area contributed by atoms with Gasteiger partial charge in [0.15, 0.2) is 0 Å². The van der Waals surface area contributed by atoms with Gasteiger partial charge in [-0.05, 0) is 19.3 Å². The van der Waals surface area contributed by atoms with E-state index in [0.29, 0.717) is 12.8 Å². The molecular formula is C11H17NO5. The molecule has 0 aromatic rings. The summed E-state index contributed by atoms with van der Waals surface area (Å²) in [5.41, 5.74) is 0. The molecule has 0 aromatic carbocycles. The van der Waals surface area contributed by atoms with Crippen LogP contribution in [0.2, 0.25) is 0 Å². The van der Waals surface area contributed by atoms with Crippen LogP contribution >= 0.6 is 0 Å². The Hall–Kier alpha value is -1.56. The van der Waals surface area contributed by atoms with E-state index in [1.807, 2.05) is 0 Å². The third-order valence-electron chi connectivity index (χ3n) is 2.80. The van der Waals surface area contributed by atoms with Crippen molar-refractivity contribution in [3.8, 4) is 0 Å². The lowest BCUT2D eigenvalue weighted by Gasteiger charge is -2.31. The Labute approximate surface area is 99.3 Å². The lowest BCUT2D eigenvalue weighted by atomic mass is 9.84. The molecule has 0 spiro atoms. The van der Waals surface area contributed by atoms with E-state index in [1.54, 1.807) is 0 Å². The maximum atomic E-state index is 11.2. The lowest BCUT2D eigenvalue weighted by molar-refractivity contribution is -0.144. The smallest absolute Gasteiger partial charge is 0.407 e. The summed E-state index contributed by atoms with van der Waals surface area (Å²) in [7, 11) is 0. The fraction of sp³-hybridized carbons (Fsp3) is 0.636. The van der Waals surface area contributed by atoms with Crippen molar-refractivity contribution in [2.75, 3.05) is 6.61 Å². The number of hydrogen-bond acceptors (Lipinski definition) is 4. The van der Waals surface area contributed by atoms with Crippen LogP contribution in [0.3, 0.4) is 0 Å². The Balaban J connectivity index is 2.39. The average molecular weight is 243 g/mol. The van der Waals surface area contributed by atoms with Crippen LogP contribution in [0.1, 0.15) is 19.3 Å². The molecule has 0 heterocycles. The molecule has 0 bridgehead atoms. The molecule has 6 nitrogen and oxygen atoms in total. The molecule has 1 aliphatic rings. The van der Waals surface area contributed by atoms with Crippen molar-refractivity contribution in [1.82, 2.24) is 5.32 Å². The number of alkyl carbamates (subject to hydrolysis) is 1. The van der Waals surface area contributed by atoms with Crippen molar-refractivity contribution >= 4 is 12.1 Å². The molecule has 3 N–H and O–H groups in total. The maximum Gasteiger partial charge on any atom is 0.407 e. The van der Waals surface area contributed by atoms with Crippen LogP contribution in [0.15, 0.2) is 12.7 Å². The molecule has 1 aliphatic carbocycles. The molecule has 96 valence electrons. The molecular weight excluding hydrogens is 226 g/mol. The number of ether oxygens (including phenoxy) is 1. The number of rotatable bonds is 4. The molecule has 0 aliphatic heterocycles. The number of hydrogen-bond donors (Lipinski definition) is 3. The minimum absolute atomic E-state index is 0.104. The minimum Gasteiger partial charge on any atom is -0.481 e. The second-order valence-electron chi connectivity index (χ2n) is 4.05. The summed E-state index contributed by atoms with van der Waals surface area (Å²) in [5, 5.41) is 21.0. The van der Waals surface area contributed by atoms with Gasteiger partial charge in [-0.2, -0.15) is 0 Å². The zero-order valence-electron chi connectivity index (χ0n) is 9.46. The van der Waals surface area contributed by atoms with Crippen molar-refractivity contribution in [1.29, 1.82) is 0 Å². The predicted octanol–water partition coefficient (Wildman–Crippen LogP) is 0.513. The summed E-state index contributed by atoms with van der Waals surface area (Å²) in [6, 6.07) is -0.442. The van der Waals surface area contributed by atoms with Gasteiger partial charge in [-0.3, -0.25) is 4.79 Å². The zero-order chi connectivity index (χ0) is 12.8. The number of nitrogens with one attached hydrogen (secondary N) is 1. The highest BCUT2D eigenvalue weighted by atomic mass is 16.5. The number of carbonyl (C=O) groups excluding carboxylic acids is 1. The van der Waals surface area contributed by atoms with Crippen molar-refractivity contribution in [2.45, 2.75) is 31.4 Å². The van der Waals surface area contributed by atoms with E-state index in [2.05, 4.69) is 11.9 Å². The van der Waals surface area contributed by atoms with Crippen molar-refractivity contribution in [3.05, 3.63) is 12.7 Å². The summed E-state index contributed by atoms with van der Waals surface area (Å²) in [5.74, 6) is -1.44. The topological polar surface area (TPSA) is 95.9 Å². The van der Waals surface area contributed by atoms with Gasteiger partial charge >= 0.3 is 12.1 Å². The van der Waals surface area contributed by atoms with Gasteiger partial charge in [0.2, 0.25) is 0 Å². The first-order valence-corrected chi connectivity index (χ1v) is 5.49. The van der Waals surface area contributed by atoms with E-state index in [0.717, 1.165) is 0 Å². The molecule has 0 saturated heterocycles. The molecule has 0 radical (unpaired) electrons. The fourth-order valence-electron chi connectivity index (χ4n) is 1.87. The number of carboxylic acids is 1. The highest BCUT2D eigenvalue weighted by Crippen LogP contribution is 2.24. The number of carbonyl (C=O) groups is 2. The normalized spacial score (nSPS) is 28.2. The third kappa shape index (κ3) is 4.07. The first kappa shape index (κ1) is 13.5. The Morgan fingerprint density at radius 2 is 2.18 bits per heavy atom. The summed E-state index contributed by atoms with van der Waals surface area (Å²) in [6.45, 7) is 3.51. The molecule has 1 rings (SSSR count). The van der Waals surface area contributed by atoms with Gasteiger partial charge in [0.1, 0.15) is 6.61 Å². The van der Waals surface area contributed by atoms with Gasteiger partial charge < -0.3 is 20.3 Å². The first-order valence-electron chi connectivity index (χ1n) is 5.49. The molecule has 1 fully saturated rings. The van der Waals surface area contributed by atoms with Gasteiger partial charge in [0, 0.05) is 0 Å². The van der Waals surface area contributed by atoms with Crippen LogP contribution in [-0.2, 0) is 9.53 Å². The molecule has 6 heteroatoms. The number of amides is 1. The van der Waals surface area contributed by atoms with E-state index in [1.165, 1.54) is 6.08 Å². The largest absolute Gasteiger partial charge is 0.481 e. The van der Waals surface area contributed by atoms with E-state index in [4.69, 9.17) is 9.84 Å². The third-order valence-corrected chi connectivity index (χ3v) is 2.80. The van der Waals surface area contributed by atoms with Gasteiger partial charge in [0.25, 0.3) is 0 Å². The van der Waals surface area contributed by atoms with Gasteiger partial charge in [-0.25, -0.2) is 4.79 Å². The standard InChI is InChI=1S/C11H17NO5/c1-2-5-17-11(16)12-8-4-3-7(10(14)15)6-9(8)13/h2,7-9,13H,1,3-6H2,(H,12,16)(H,14,15)/t7-,8+,9+/m0/s1. The van der Waals surface area contributed by atoms with Crippen LogP contribution in [0.4, 0.5) is 4.79 Å². The Morgan fingerprint density at radius 3 is 2.71 bits per heavy atom. The number of aliphatic hydroxyl groups excluding tert-OH is 1. The summed E-state index contributed by atoms with van der Waals surface area (Å²) < 4.78 is 4.72. The summed E-state index contributed by atoms with van der Waals surface area (Å²) in [4.78, 5) is 22.0. The highest BCUT2D eigenvalue weighted by molar-refractivity contribution is 5.70. The lowest BCUT2D eigenvalue weighted by Crippen LogP contribution is -2.47. The fourth-order valence-corrected chi connectivity index (χ4v) is 1.87. The van der Waals surface area contributed by atoms with E-state index >= 15 is 0 Å². The SMILES string of the molecule is C=CCOC(=O)N[C@@H]1CC[C@H](C(=O)O)C[C@H]1O. The van der Waals surface area contributed by atoms with E-state index in [-0.39, 0.29) is 13.0 Å². The predicted molar refractivity (Wildman–Crippen MR) is 59.5 cm³/mol. The zero-order valence-corrected chi connectivity index (χ0v) is 9.46. The molecule has 0 unspecified atom stereocenters. The highest BCUT2D eigenvalue weighted by Gasteiger charge is 2.33. The maximum absolute atomic E-state index is 11.2. The Bertz CT molecular complexity index is 304. The molecule has 0 aromatic heterocycles. The molecule has 3 atom stereocenters. The van der Waals surface area contributed by atoms with Gasteiger partial charge in [-0.1, -0.05) is 12.7 Å². The van der Waals surface area contributed by atoms with Crippen LogP contribution in [0.5, 0.6) is 0 Å². The average Bonchev–Trinajstić information content (AvgIpc) is 2.28. The Morgan fingerprint density at radius 1 is 1.47 bits per heavy atom. The van der Waals surface area contributed by atoms with Gasteiger partial charge in [0.05, 0.1) is 18.1 Å². The first-order chi connectivity index (χ1) is 8.04. The molecule has 1 amide bonds. The van der Waals surface area contributed by atoms with Crippen LogP contribution in [0.25, 0.3) is 0 Å². The monoisotopic (exact) mass is 243 g/mol.